The SMILES string of the molecule is CCOC(=O)C(CC(=O)N1CC2C3CCC(CC3)C2C1)Cc1ccc(O)cc1. The zero-order valence-electron chi connectivity index (χ0n) is 16.7. The van der Waals surface area contributed by atoms with Gasteiger partial charge in [-0.15, -0.1) is 0 Å². The van der Waals surface area contributed by atoms with Gasteiger partial charge in [-0.2, -0.15) is 0 Å². The Morgan fingerprint density at radius 3 is 2.18 bits per heavy atom. The molecule has 1 aliphatic heterocycles. The number of aromatic hydroxyl groups is 1. The smallest absolute Gasteiger partial charge is 0.309 e. The van der Waals surface area contributed by atoms with Gasteiger partial charge in [0, 0.05) is 19.5 Å². The van der Waals surface area contributed by atoms with Gasteiger partial charge in [0.2, 0.25) is 5.91 Å². The number of fused-ring (bicyclic) bond motifs is 2. The molecular formula is C23H31NO4. The second-order valence-corrected chi connectivity index (χ2v) is 8.82. The first-order valence-corrected chi connectivity index (χ1v) is 10.8. The van der Waals surface area contributed by atoms with Crippen LogP contribution in [0.3, 0.4) is 0 Å². The molecule has 1 aromatic carbocycles. The number of carbonyl (C=O) groups is 2. The Morgan fingerprint density at radius 1 is 1.07 bits per heavy atom. The van der Waals surface area contributed by atoms with E-state index in [2.05, 4.69) is 0 Å². The number of phenols is 1. The van der Waals surface area contributed by atoms with Gasteiger partial charge in [-0.05, 0) is 80.4 Å². The van der Waals surface area contributed by atoms with Crippen molar-refractivity contribution in [2.75, 3.05) is 19.7 Å². The van der Waals surface area contributed by atoms with Crippen molar-refractivity contribution in [3.63, 3.8) is 0 Å². The largest absolute Gasteiger partial charge is 0.508 e. The lowest BCUT2D eigenvalue weighted by molar-refractivity contribution is -0.151. The Balaban J connectivity index is 1.42. The van der Waals surface area contributed by atoms with Crippen LogP contribution in [0.2, 0.25) is 0 Å². The minimum atomic E-state index is -0.476. The van der Waals surface area contributed by atoms with Crippen LogP contribution >= 0.6 is 0 Å². The third kappa shape index (κ3) is 3.89. The molecule has 1 saturated heterocycles. The molecule has 1 N–H and O–H groups in total. The fraction of sp³-hybridized carbons (Fsp3) is 0.652. The van der Waals surface area contributed by atoms with Crippen molar-refractivity contribution in [3.8, 4) is 5.75 Å². The van der Waals surface area contributed by atoms with Crippen molar-refractivity contribution in [3.05, 3.63) is 29.8 Å². The topological polar surface area (TPSA) is 66.8 Å². The van der Waals surface area contributed by atoms with Gasteiger partial charge in [0.25, 0.3) is 0 Å². The second-order valence-electron chi connectivity index (χ2n) is 8.82. The molecule has 3 atom stereocenters. The fourth-order valence-corrected chi connectivity index (χ4v) is 5.81. The van der Waals surface area contributed by atoms with E-state index in [9.17, 15) is 14.7 Å². The van der Waals surface area contributed by atoms with Gasteiger partial charge in [-0.3, -0.25) is 9.59 Å². The highest BCUT2D eigenvalue weighted by molar-refractivity contribution is 5.83. The van der Waals surface area contributed by atoms with Gasteiger partial charge in [0.15, 0.2) is 0 Å². The maximum Gasteiger partial charge on any atom is 0.309 e. The quantitative estimate of drug-likeness (QED) is 0.762. The number of hydrogen-bond donors (Lipinski definition) is 1. The number of amides is 1. The van der Waals surface area contributed by atoms with Crippen LogP contribution in [0.1, 0.15) is 44.6 Å². The molecule has 28 heavy (non-hydrogen) atoms. The normalized spacial score (nSPS) is 29.4. The summed E-state index contributed by atoms with van der Waals surface area (Å²) in [6.45, 7) is 3.85. The predicted molar refractivity (Wildman–Crippen MR) is 106 cm³/mol. The van der Waals surface area contributed by atoms with Gasteiger partial charge in [0.05, 0.1) is 12.5 Å². The highest BCUT2D eigenvalue weighted by Crippen LogP contribution is 2.51. The molecule has 4 fully saturated rings. The summed E-state index contributed by atoms with van der Waals surface area (Å²) in [6.07, 6.45) is 5.99. The minimum absolute atomic E-state index is 0.0885. The molecule has 5 rings (SSSR count). The average Bonchev–Trinajstić information content (AvgIpc) is 3.18. The summed E-state index contributed by atoms with van der Waals surface area (Å²) in [4.78, 5) is 27.6. The summed E-state index contributed by atoms with van der Waals surface area (Å²) in [5, 5.41) is 9.47. The van der Waals surface area contributed by atoms with Crippen LogP contribution < -0.4 is 0 Å². The van der Waals surface area contributed by atoms with Gasteiger partial charge in [-0.1, -0.05) is 12.1 Å². The zero-order chi connectivity index (χ0) is 19.7. The number of nitrogens with zero attached hydrogens (tertiary/aromatic N) is 1. The van der Waals surface area contributed by atoms with E-state index in [0.717, 1.165) is 30.5 Å². The number of ether oxygens (including phenoxy) is 1. The molecule has 5 nitrogen and oxygen atoms in total. The van der Waals surface area contributed by atoms with E-state index in [0.29, 0.717) is 24.9 Å². The van der Waals surface area contributed by atoms with E-state index in [-0.39, 0.29) is 24.0 Å². The standard InChI is InChI=1S/C23H31NO4/c1-2-28-23(27)18(11-15-3-9-19(25)10-4-15)12-22(26)24-13-20-16-5-6-17(8-7-16)21(20)14-24/h3-4,9-10,16-18,20-21,25H,2,5-8,11-14H2,1H3. The Labute approximate surface area is 167 Å². The lowest BCUT2D eigenvalue weighted by Gasteiger charge is -2.44. The third-order valence-electron chi connectivity index (χ3n) is 7.25. The molecule has 4 aliphatic rings. The summed E-state index contributed by atoms with van der Waals surface area (Å²) in [5.74, 6) is 2.45. The maximum absolute atomic E-state index is 13.1. The zero-order valence-corrected chi connectivity index (χ0v) is 16.7. The number of rotatable bonds is 6. The number of benzene rings is 1. The summed E-state index contributed by atoms with van der Waals surface area (Å²) >= 11 is 0. The highest BCUT2D eigenvalue weighted by atomic mass is 16.5. The minimum Gasteiger partial charge on any atom is -0.508 e. The Bertz CT molecular complexity index is 688. The Kier molecular flexibility index (Phi) is 5.61. The van der Waals surface area contributed by atoms with Gasteiger partial charge < -0.3 is 14.7 Å². The average molecular weight is 386 g/mol. The summed E-state index contributed by atoms with van der Waals surface area (Å²) in [5.41, 5.74) is 0.928. The van der Waals surface area contributed by atoms with Crippen LogP contribution in [0.25, 0.3) is 0 Å². The van der Waals surface area contributed by atoms with Crippen LogP contribution in [0.15, 0.2) is 24.3 Å². The van der Waals surface area contributed by atoms with Gasteiger partial charge in [-0.25, -0.2) is 0 Å². The highest BCUT2D eigenvalue weighted by Gasteiger charge is 2.49. The van der Waals surface area contributed by atoms with Gasteiger partial charge in [0.1, 0.15) is 5.75 Å². The monoisotopic (exact) mass is 385 g/mol. The lowest BCUT2D eigenvalue weighted by atomic mass is 9.60. The van der Waals surface area contributed by atoms with Crippen LogP contribution in [0.4, 0.5) is 0 Å². The molecule has 0 aromatic heterocycles. The predicted octanol–water partition coefficient (Wildman–Crippen LogP) is 3.40. The third-order valence-corrected chi connectivity index (χ3v) is 7.25. The van der Waals surface area contributed by atoms with Crippen molar-refractivity contribution in [2.24, 2.45) is 29.6 Å². The van der Waals surface area contributed by atoms with Crippen molar-refractivity contribution < 1.29 is 19.4 Å². The Hall–Kier alpha value is -2.04. The van der Waals surface area contributed by atoms with E-state index >= 15 is 0 Å². The molecule has 3 unspecified atom stereocenters. The molecular weight excluding hydrogens is 354 g/mol. The first-order chi connectivity index (χ1) is 13.5. The number of likely N-dealkylation sites (tertiary alicyclic amines) is 1. The van der Waals surface area contributed by atoms with Crippen molar-refractivity contribution in [2.45, 2.75) is 45.4 Å². The van der Waals surface area contributed by atoms with E-state index in [1.165, 1.54) is 25.7 Å². The first kappa shape index (κ1) is 19.3. The number of carbonyl (C=O) groups excluding carboxylic acids is 2. The summed E-state index contributed by atoms with van der Waals surface area (Å²) < 4.78 is 5.24. The van der Waals surface area contributed by atoms with Crippen LogP contribution in [-0.4, -0.2) is 41.6 Å². The van der Waals surface area contributed by atoms with E-state index in [1.54, 1.807) is 31.2 Å². The molecule has 3 aliphatic carbocycles. The lowest BCUT2D eigenvalue weighted by Crippen LogP contribution is -2.38. The van der Waals surface area contributed by atoms with Crippen molar-refractivity contribution >= 4 is 11.9 Å². The molecule has 1 amide bonds. The molecule has 5 heteroatoms. The maximum atomic E-state index is 13.1. The number of esters is 1. The second kappa shape index (κ2) is 8.14. The number of phenolic OH excluding ortho intramolecular Hbond substituents is 1. The molecule has 3 saturated carbocycles. The molecule has 1 aromatic rings. The van der Waals surface area contributed by atoms with Crippen LogP contribution in [0.5, 0.6) is 5.75 Å². The summed E-state index contributed by atoms with van der Waals surface area (Å²) in [7, 11) is 0. The molecule has 152 valence electrons. The summed E-state index contributed by atoms with van der Waals surface area (Å²) in [6, 6.07) is 6.82. The molecule has 0 spiro atoms. The molecule has 0 radical (unpaired) electrons. The van der Waals surface area contributed by atoms with E-state index in [1.807, 2.05) is 4.90 Å². The number of hydrogen-bond acceptors (Lipinski definition) is 4. The Morgan fingerprint density at radius 2 is 1.64 bits per heavy atom. The van der Waals surface area contributed by atoms with Crippen molar-refractivity contribution in [1.29, 1.82) is 0 Å². The van der Waals surface area contributed by atoms with Crippen LogP contribution in [-0.2, 0) is 20.7 Å². The molecule has 2 bridgehead atoms. The van der Waals surface area contributed by atoms with Gasteiger partial charge >= 0.3 is 5.97 Å². The van der Waals surface area contributed by atoms with E-state index in [4.69, 9.17) is 4.74 Å². The fourth-order valence-electron chi connectivity index (χ4n) is 5.81. The van der Waals surface area contributed by atoms with Crippen molar-refractivity contribution in [1.82, 2.24) is 4.90 Å². The molecule has 1 heterocycles. The first-order valence-electron chi connectivity index (χ1n) is 10.8. The van der Waals surface area contributed by atoms with Crippen LogP contribution in [0, 0.1) is 29.6 Å². The van der Waals surface area contributed by atoms with E-state index < -0.39 is 5.92 Å².